The fourth-order valence-corrected chi connectivity index (χ4v) is 4.29. The molecular formula is C22H14N2O3S2. The molecular weight excluding hydrogens is 404 g/mol. The van der Waals surface area contributed by atoms with Gasteiger partial charge in [-0.2, -0.15) is 0 Å². The van der Waals surface area contributed by atoms with Crippen LogP contribution in [-0.2, 0) is 4.79 Å². The van der Waals surface area contributed by atoms with Crippen molar-refractivity contribution in [2.24, 2.45) is 0 Å². The predicted octanol–water partition coefficient (Wildman–Crippen LogP) is 5.67. The van der Waals surface area contributed by atoms with Crippen molar-refractivity contribution < 1.29 is 9.72 Å². The van der Waals surface area contributed by atoms with E-state index in [9.17, 15) is 14.9 Å². The van der Waals surface area contributed by atoms with Crippen LogP contribution in [0.1, 0.15) is 5.56 Å². The van der Waals surface area contributed by atoms with Gasteiger partial charge in [-0.25, -0.2) is 0 Å². The van der Waals surface area contributed by atoms with Crippen LogP contribution in [0.5, 0.6) is 0 Å². The number of anilines is 1. The molecule has 0 N–H and O–H groups in total. The van der Waals surface area contributed by atoms with Crippen LogP contribution in [-0.4, -0.2) is 15.2 Å². The zero-order valence-corrected chi connectivity index (χ0v) is 16.7. The van der Waals surface area contributed by atoms with Crippen molar-refractivity contribution in [3.05, 3.63) is 99.4 Å². The zero-order valence-electron chi connectivity index (χ0n) is 15.0. The van der Waals surface area contributed by atoms with Crippen molar-refractivity contribution in [2.45, 2.75) is 0 Å². The monoisotopic (exact) mass is 418 g/mol. The number of amides is 1. The minimum Gasteiger partial charge on any atom is -0.268 e. The summed E-state index contributed by atoms with van der Waals surface area (Å²) in [7, 11) is 0. The van der Waals surface area contributed by atoms with Crippen molar-refractivity contribution in [3.8, 4) is 11.1 Å². The highest BCUT2D eigenvalue weighted by Crippen LogP contribution is 2.37. The summed E-state index contributed by atoms with van der Waals surface area (Å²) >= 11 is 6.53. The highest BCUT2D eigenvalue weighted by molar-refractivity contribution is 8.27. The number of non-ortho nitro benzene ring substituents is 1. The van der Waals surface area contributed by atoms with E-state index in [1.807, 2.05) is 54.6 Å². The molecule has 4 rings (SSSR count). The van der Waals surface area contributed by atoms with Crippen LogP contribution < -0.4 is 4.90 Å². The van der Waals surface area contributed by atoms with Gasteiger partial charge in [-0.3, -0.25) is 19.8 Å². The summed E-state index contributed by atoms with van der Waals surface area (Å²) in [6.07, 6.45) is 1.78. The maximum atomic E-state index is 12.9. The Hall–Kier alpha value is -3.29. The summed E-state index contributed by atoms with van der Waals surface area (Å²) in [6, 6.07) is 23.8. The number of thiocarbonyl (C=S) groups is 1. The first-order chi connectivity index (χ1) is 14.0. The molecule has 0 saturated carbocycles. The van der Waals surface area contributed by atoms with Crippen molar-refractivity contribution in [1.29, 1.82) is 0 Å². The quantitative estimate of drug-likeness (QED) is 0.236. The molecule has 29 heavy (non-hydrogen) atoms. The second-order valence-electron chi connectivity index (χ2n) is 6.28. The summed E-state index contributed by atoms with van der Waals surface area (Å²) in [5, 5.41) is 11.0. The topological polar surface area (TPSA) is 63.5 Å². The number of hydrogen-bond acceptors (Lipinski definition) is 5. The molecule has 0 spiro atoms. The lowest BCUT2D eigenvalue weighted by molar-refractivity contribution is -0.384. The molecule has 3 aromatic carbocycles. The number of nitrogens with zero attached hydrogens (tertiary/aromatic N) is 2. The number of nitro groups is 1. The van der Waals surface area contributed by atoms with Crippen LogP contribution >= 0.6 is 24.0 Å². The third-order valence-corrected chi connectivity index (χ3v) is 5.71. The summed E-state index contributed by atoms with van der Waals surface area (Å²) in [5.41, 5.74) is 3.40. The highest BCUT2D eigenvalue weighted by atomic mass is 32.2. The fourth-order valence-electron chi connectivity index (χ4n) is 2.99. The molecule has 1 amide bonds. The lowest BCUT2D eigenvalue weighted by Crippen LogP contribution is -2.27. The van der Waals surface area contributed by atoms with E-state index < -0.39 is 4.92 Å². The van der Waals surface area contributed by atoms with E-state index in [2.05, 4.69) is 0 Å². The third kappa shape index (κ3) is 3.96. The van der Waals surface area contributed by atoms with E-state index in [0.29, 0.717) is 14.9 Å². The standard InChI is InChI=1S/C22H14N2O3S2/c25-21-20(13-15-9-11-17(12-10-15)16-5-2-1-3-6-16)29-22(28)23(21)18-7-4-8-19(14-18)24(26)27/h1-14H/b20-13+. The molecule has 0 unspecified atom stereocenters. The van der Waals surface area contributed by atoms with E-state index in [0.717, 1.165) is 16.7 Å². The van der Waals surface area contributed by atoms with Gasteiger partial charge < -0.3 is 0 Å². The second-order valence-corrected chi connectivity index (χ2v) is 7.96. The maximum Gasteiger partial charge on any atom is 0.271 e. The number of hydrogen-bond donors (Lipinski definition) is 0. The van der Waals surface area contributed by atoms with Gasteiger partial charge in [0.2, 0.25) is 0 Å². The average molecular weight is 418 g/mol. The Morgan fingerprint density at radius 2 is 1.62 bits per heavy atom. The van der Waals surface area contributed by atoms with Crippen LogP contribution in [0.25, 0.3) is 17.2 Å². The molecule has 1 saturated heterocycles. The van der Waals surface area contributed by atoms with Gasteiger partial charge in [0.15, 0.2) is 4.32 Å². The summed E-state index contributed by atoms with van der Waals surface area (Å²) in [6.45, 7) is 0. The average Bonchev–Trinajstić information content (AvgIpc) is 3.02. The Labute approximate surface area is 176 Å². The summed E-state index contributed by atoms with van der Waals surface area (Å²) < 4.78 is 0.350. The highest BCUT2D eigenvalue weighted by Gasteiger charge is 2.33. The van der Waals surface area contributed by atoms with E-state index in [4.69, 9.17) is 12.2 Å². The minimum absolute atomic E-state index is 0.0861. The minimum atomic E-state index is -0.495. The number of thioether (sulfide) groups is 1. The molecule has 142 valence electrons. The van der Waals surface area contributed by atoms with Gasteiger partial charge in [0.1, 0.15) is 0 Å². The maximum absolute atomic E-state index is 12.9. The number of carbonyl (C=O) groups is 1. The molecule has 0 bridgehead atoms. The number of benzene rings is 3. The molecule has 7 heteroatoms. The molecule has 1 aliphatic heterocycles. The molecule has 3 aromatic rings. The molecule has 5 nitrogen and oxygen atoms in total. The Kier molecular flexibility index (Phi) is 5.24. The Morgan fingerprint density at radius 3 is 2.31 bits per heavy atom. The van der Waals surface area contributed by atoms with Crippen molar-refractivity contribution in [1.82, 2.24) is 0 Å². The van der Waals surface area contributed by atoms with Crippen molar-refractivity contribution in [3.63, 3.8) is 0 Å². The lowest BCUT2D eigenvalue weighted by atomic mass is 10.0. The first kappa shape index (κ1) is 19.0. The largest absolute Gasteiger partial charge is 0.271 e. The Balaban J connectivity index is 1.59. The van der Waals surface area contributed by atoms with E-state index in [1.165, 1.54) is 34.9 Å². The number of rotatable bonds is 4. The molecule has 1 heterocycles. The van der Waals surface area contributed by atoms with E-state index in [1.54, 1.807) is 12.1 Å². The lowest BCUT2D eigenvalue weighted by Gasteiger charge is -2.13. The summed E-state index contributed by atoms with van der Waals surface area (Å²) in [4.78, 5) is 25.2. The second kappa shape index (κ2) is 7.98. The third-order valence-electron chi connectivity index (χ3n) is 4.41. The fraction of sp³-hybridized carbons (Fsp3) is 0. The number of carbonyl (C=O) groups excluding carboxylic acids is 1. The predicted molar refractivity (Wildman–Crippen MR) is 121 cm³/mol. The molecule has 1 fully saturated rings. The van der Waals surface area contributed by atoms with Gasteiger partial charge in [-0.15, -0.1) is 0 Å². The van der Waals surface area contributed by atoms with Gasteiger partial charge in [0.25, 0.3) is 11.6 Å². The molecule has 0 radical (unpaired) electrons. The van der Waals surface area contributed by atoms with Crippen LogP contribution in [0.2, 0.25) is 0 Å². The van der Waals surface area contributed by atoms with E-state index in [-0.39, 0.29) is 11.6 Å². The zero-order chi connectivity index (χ0) is 20.4. The molecule has 0 aromatic heterocycles. The van der Waals surface area contributed by atoms with Gasteiger partial charge >= 0.3 is 0 Å². The van der Waals surface area contributed by atoms with Crippen LogP contribution in [0.4, 0.5) is 11.4 Å². The number of nitro benzene ring substituents is 1. The van der Waals surface area contributed by atoms with Gasteiger partial charge in [0, 0.05) is 12.1 Å². The van der Waals surface area contributed by atoms with Gasteiger partial charge in [-0.1, -0.05) is 84.6 Å². The van der Waals surface area contributed by atoms with Crippen molar-refractivity contribution in [2.75, 3.05) is 4.90 Å². The molecule has 0 atom stereocenters. The SMILES string of the molecule is O=C1/C(=C\c2ccc(-c3ccccc3)cc2)SC(=S)N1c1cccc([N+](=O)[O-])c1. The first-order valence-electron chi connectivity index (χ1n) is 8.71. The van der Waals surface area contributed by atoms with Crippen LogP contribution in [0.3, 0.4) is 0 Å². The molecule has 0 aliphatic carbocycles. The smallest absolute Gasteiger partial charge is 0.268 e. The van der Waals surface area contributed by atoms with Crippen LogP contribution in [0.15, 0.2) is 83.8 Å². The first-order valence-corrected chi connectivity index (χ1v) is 9.93. The Morgan fingerprint density at radius 1 is 0.931 bits per heavy atom. The van der Waals surface area contributed by atoms with Crippen molar-refractivity contribution >= 4 is 51.7 Å². The van der Waals surface area contributed by atoms with E-state index >= 15 is 0 Å². The molecule has 1 aliphatic rings. The Bertz CT molecular complexity index is 1140. The summed E-state index contributed by atoms with van der Waals surface area (Å²) in [5.74, 6) is -0.285. The van der Waals surface area contributed by atoms with Gasteiger partial charge in [0.05, 0.1) is 15.5 Å². The van der Waals surface area contributed by atoms with Crippen LogP contribution in [0, 0.1) is 10.1 Å². The normalized spacial score (nSPS) is 15.2. The van der Waals surface area contributed by atoms with Gasteiger partial charge in [-0.05, 0) is 28.8 Å².